The summed E-state index contributed by atoms with van der Waals surface area (Å²) >= 11 is 1.44. The van der Waals surface area contributed by atoms with Gasteiger partial charge in [-0.15, -0.1) is 11.8 Å². The molecule has 2 aromatic rings. The van der Waals surface area contributed by atoms with Crippen LogP contribution in [0.25, 0.3) is 0 Å². The maximum Gasteiger partial charge on any atom is 0.269 e. The molecule has 1 atom stereocenters. The maximum absolute atomic E-state index is 13.2. The molecular weight excluding hydrogens is 466 g/mol. The number of anilines is 1. The van der Waals surface area contributed by atoms with Crippen molar-refractivity contribution in [3.8, 4) is 5.75 Å². The second-order valence-electron chi connectivity index (χ2n) is 8.06. The molecule has 172 valence electrons. The van der Waals surface area contributed by atoms with Gasteiger partial charge in [0.1, 0.15) is 16.7 Å². The van der Waals surface area contributed by atoms with Gasteiger partial charge in [-0.05, 0) is 55.3 Å². The van der Waals surface area contributed by atoms with Crippen molar-refractivity contribution in [2.24, 2.45) is 0 Å². The Balaban J connectivity index is 1.36. The van der Waals surface area contributed by atoms with E-state index in [1.165, 1.54) is 34.9 Å². The van der Waals surface area contributed by atoms with Crippen molar-refractivity contribution in [2.75, 3.05) is 24.1 Å². The first kappa shape index (κ1) is 21.8. The van der Waals surface area contributed by atoms with Crippen LogP contribution in [-0.4, -0.2) is 66.2 Å². The van der Waals surface area contributed by atoms with Gasteiger partial charge in [-0.1, -0.05) is 0 Å². The largest absolute Gasteiger partial charge is 0.497 e. The number of amides is 3. The summed E-state index contributed by atoms with van der Waals surface area (Å²) in [7, 11) is -2.42. The third-order valence-corrected chi connectivity index (χ3v) is 8.77. The van der Waals surface area contributed by atoms with Gasteiger partial charge >= 0.3 is 0 Å². The summed E-state index contributed by atoms with van der Waals surface area (Å²) in [5, 5.41) is 2.81. The first-order chi connectivity index (χ1) is 15.8. The smallest absolute Gasteiger partial charge is 0.269 e. The lowest BCUT2D eigenvalue weighted by Gasteiger charge is -2.23. The fraction of sp³-hybridized carbons (Fsp3) is 0.318. The van der Waals surface area contributed by atoms with Crippen molar-refractivity contribution in [1.82, 2.24) is 9.21 Å². The minimum absolute atomic E-state index is 0.0862. The van der Waals surface area contributed by atoms with Crippen molar-refractivity contribution in [1.29, 1.82) is 0 Å². The van der Waals surface area contributed by atoms with E-state index in [1.807, 2.05) is 0 Å². The molecule has 2 heterocycles. The second kappa shape index (κ2) is 8.07. The standard InChI is InChI=1S/C22H21N3O6S2/c1-31-16-7-3-14(4-8-16)23-20(26)18-11-32-12-24(18)21(27)13-2-9-17-19(10-13)33(29,30)25(22(17)28)15-5-6-15/h2-4,7-10,15,18H,5-6,11-12H2,1H3,(H,23,26). The highest BCUT2D eigenvalue weighted by molar-refractivity contribution is 7.99. The van der Waals surface area contributed by atoms with E-state index in [-0.39, 0.29) is 28.0 Å². The number of nitrogens with one attached hydrogen (secondary N) is 1. The molecule has 1 saturated carbocycles. The number of hydrogen-bond acceptors (Lipinski definition) is 7. The van der Waals surface area contributed by atoms with Gasteiger partial charge in [0.25, 0.3) is 21.8 Å². The van der Waals surface area contributed by atoms with E-state index in [1.54, 1.807) is 31.4 Å². The lowest BCUT2D eigenvalue weighted by Crippen LogP contribution is -2.44. The topological polar surface area (TPSA) is 113 Å². The number of nitrogens with zero attached hydrogens (tertiary/aromatic N) is 2. The van der Waals surface area contributed by atoms with Gasteiger partial charge in [0, 0.05) is 23.0 Å². The third kappa shape index (κ3) is 3.74. The number of methoxy groups -OCH3 is 1. The number of carbonyl (C=O) groups is 3. The second-order valence-corrected chi connectivity index (χ2v) is 10.8. The first-order valence-corrected chi connectivity index (χ1v) is 13.0. The van der Waals surface area contributed by atoms with Crippen LogP contribution in [0.1, 0.15) is 33.6 Å². The van der Waals surface area contributed by atoms with Crippen LogP contribution in [0.5, 0.6) is 5.75 Å². The van der Waals surface area contributed by atoms with Crippen LogP contribution in [0.3, 0.4) is 0 Å². The van der Waals surface area contributed by atoms with E-state index in [4.69, 9.17) is 4.74 Å². The normalized spacial score (nSPS) is 21.1. The van der Waals surface area contributed by atoms with E-state index in [0.717, 1.165) is 4.31 Å². The Morgan fingerprint density at radius 3 is 2.52 bits per heavy atom. The monoisotopic (exact) mass is 487 g/mol. The lowest BCUT2D eigenvalue weighted by molar-refractivity contribution is -0.119. The Labute approximate surface area is 195 Å². The van der Waals surface area contributed by atoms with Crippen LogP contribution in [0, 0.1) is 0 Å². The molecule has 5 rings (SSSR count). The van der Waals surface area contributed by atoms with E-state index in [0.29, 0.717) is 35.9 Å². The molecule has 2 aromatic carbocycles. The Morgan fingerprint density at radius 1 is 1.12 bits per heavy atom. The average Bonchev–Trinajstić information content (AvgIpc) is 3.46. The Morgan fingerprint density at radius 2 is 1.85 bits per heavy atom. The van der Waals surface area contributed by atoms with E-state index >= 15 is 0 Å². The molecule has 0 spiro atoms. The minimum atomic E-state index is -3.97. The number of thioether (sulfide) groups is 1. The third-order valence-electron chi connectivity index (χ3n) is 5.88. The van der Waals surface area contributed by atoms with Gasteiger partial charge in [-0.3, -0.25) is 14.4 Å². The number of hydrogen-bond donors (Lipinski definition) is 1. The van der Waals surface area contributed by atoms with E-state index in [2.05, 4.69) is 5.32 Å². The fourth-order valence-corrected chi connectivity index (χ4v) is 6.97. The molecule has 1 saturated heterocycles. The van der Waals surface area contributed by atoms with Crippen molar-refractivity contribution in [3.63, 3.8) is 0 Å². The van der Waals surface area contributed by atoms with Gasteiger partial charge in [-0.2, -0.15) is 0 Å². The van der Waals surface area contributed by atoms with Crippen molar-refractivity contribution in [2.45, 2.75) is 29.8 Å². The highest BCUT2D eigenvalue weighted by Crippen LogP contribution is 2.40. The fourth-order valence-electron chi connectivity index (χ4n) is 3.98. The predicted molar refractivity (Wildman–Crippen MR) is 122 cm³/mol. The molecule has 1 N–H and O–H groups in total. The SMILES string of the molecule is COc1ccc(NC(=O)C2CSCN2C(=O)c2ccc3c(c2)S(=O)(=O)N(C2CC2)C3=O)cc1. The number of carbonyl (C=O) groups excluding carboxylic acids is 3. The summed E-state index contributed by atoms with van der Waals surface area (Å²) < 4.78 is 31.8. The van der Waals surface area contributed by atoms with Crippen molar-refractivity contribution in [3.05, 3.63) is 53.6 Å². The summed E-state index contributed by atoms with van der Waals surface area (Å²) in [6.45, 7) is 0. The molecule has 2 fully saturated rings. The van der Waals surface area contributed by atoms with Gasteiger partial charge in [0.05, 0.1) is 18.6 Å². The number of sulfonamides is 1. The zero-order valence-corrected chi connectivity index (χ0v) is 19.3. The van der Waals surface area contributed by atoms with Crippen LogP contribution < -0.4 is 10.1 Å². The highest BCUT2D eigenvalue weighted by atomic mass is 32.2. The molecule has 2 aliphatic heterocycles. The summed E-state index contributed by atoms with van der Waals surface area (Å²) in [6, 6.07) is 9.95. The quantitative estimate of drug-likeness (QED) is 0.688. The van der Waals surface area contributed by atoms with Crippen LogP contribution in [0.15, 0.2) is 47.4 Å². The molecule has 0 radical (unpaired) electrons. The Hall–Kier alpha value is -3.05. The zero-order chi connectivity index (χ0) is 23.3. The number of rotatable bonds is 5. The van der Waals surface area contributed by atoms with Crippen LogP contribution in [-0.2, 0) is 14.8 Å². The lowest BCUT2D eigenvalue weighted by atomic mass is 10.1. The molecular formula is C22H21N3O6S2. The number of fused-ring (bicyclic) bond motifs is 1. The van der Waals surface area contributed by atoms with Crippen LogP contribution in [0.2, 0.25) is 0 Å². The zero-order valence-electron chi connectivity index (χ0n) is 17.7. The van der Waals surface area contributed by atoms with E-state index in [9.17, 15) is 22.8 Å². The maximum atomic E-state index is 13.2. The molecule has 11 heteroatoms. The van der Waals surface area contributed by atoms with Crippen molar-refractivity contribution >= 4 is 45.2 Å². The summed E-state index contributed by atoms with van der Waals surface area (Å²) in [5.41, 5.74) is 0.794. The molecule has 0 aromatic heterocycles. The number of ether oxygens (including phenoxy) is 1. The van der Waals surface area contributed by atoms with Crippen LogP contribution in [0.4, 0.5) is 5.69 Å². The van der Waals surface area contributed by atoms with Crippen molar-refractivity contribution < 1.29 is 27.5 Å². The predicted octanol–water partition coefficient (Wildman–Crippen LogP) is 2.16. The highest BCUT2D eigenvalue weighted by Gasteiger charge is 2.49. The molecule has 1 unspecified atom stereocenters. The summed E-state index contributed by atoms with van der Waals surface area (Å²) in [5.74, 6) is 0.0561. The molecule has 33 heavy (non-hydrogen) atoms. The molecule has 0 bridgehead atoms. The molecule has 3 amide bonds. The average molecular weight is 488 g/mol. The van der Waals surface area contributed by atoms with Crippen LogP contribution >= 0.6 is 11.8 Å². The first-order valence-electron chi connectivity index (χ1n) is 10.4. The van der Waals surface area contributed by atoms with Gasteiger partial charge < -0.3 is 15.0 Å². The Bertz CT molecular complexity index is 1260. The van der Waals surface area contributed by atoms with Gasteiger partial charge in [0.2, 0.25) is 5.91 Å². The summed E-state index contributed by atoms with van der Waals surface area (Å²) in [4.78, 5) is 40.0. The minimum Gasteiger partial charge on any atom is -0.497 e. The van der Waals surface area contributed by atoms with Gasteiger partial charge in [-0.25, -0.2) is 12.7 Å². The molecule has 9 nitrogen and oxygen atoms in total. The summed E-state index contributed by atoms with van der Waals surface area (Å²) in [6.07, 6.45) is 1.31. The molecule has 1 aliphatic carbocycles. The number of benzene rings is 2. The molecule has 3 aliphatic rings. The Kier molecular flexibility index (Phi) is 5.32. The van der Waals surface area contributed by atoms with E-state index < -0.39 is 27.9 Å². The van der Waals surface area contributed by atoms with Gasteiger partial charge in [0.15, 0.2) is 0 Å².